The highest BCUT2D eigenvalue weighted by atomic mass is 31.2. The summed E-state index contributed by atoms with van der Waals surface area (Å²) < 4.78 is 49.9. The number of nitrogen functional groups attached to an aromatic ring is 1. The topological polar surface area (TPSA) is 144 Å². The van der Waals surface area contributed by atoms with Crippen molar-refractivity contribution in [1.82, 2.24) is 19.5 Å². The van der Waals surface area contributed by atoms with Crippen LogP contribution in [0.25, 0.3) is 11.2 Å². The summed E-state index contributed by atoms with van der Waals surface area (Å²) in [7, 11) is -2.15. The number of ether oxygens (including phenoxy) is 2. The van der Waals surface area contributed by atoms with Gasteiger partial charge >= 0.3 is 7.60 Å². The SMILES string of the molecule is COc1ccc(C2CCOP(=O)(COCCn3cnc4c(=O)[nH]c(N)nc43)O2)cc1F. The fourth-order valence-corrected chi connectivity index (χ4v) is 4.78. The molecule has 0 spiro atoms. The van der Waals surface area contributed by atoms with E-state index < -0.39 is 25.1 Å². The van der Waals surface area contributed by atoms with Crippen LogP contribution in [0.4, 0.5) is 10.3 Å². The monoisotopic (exact) mass is 453 g/mol. The van der Waals surface area contributed by atoms with Crippen molar-refractivity contribution in [3.05, 3.63) is 46.3 Å². The van der Waals surface area contributed by atoms with Crippen LogP contribution in [0.2, 0.25) is 0 Å². The number of H-pyrrole nitrogens is 1. The third-order valence-corrected chi connectivity index (χ3v) is 6.37. The fourth-order valence-electron chi connectivity index (χ4n) is 3.23. The quantitative estimate of drug-likeness (QED) is 0.406. The lowest BCUT2D eigenvalue weighted by Gasteiger charge is -2.30. The van der Waals surface area contributed by atoms with E-state index >= 15 is 0 Å². The number of aromatic amines is 1. The largest absolute Gasteiger partial charge is 0.494 e. The maximum atomic E-state index is 14.0. The van der Waals surface area contributed by atoms with Gasteiger partial charge in [0.1, 0.15) is 6.35 Å². The molecule has 1 saturated heterocycles. The molecular weight excluding hydrogens is 432 g/mol. The Bertz CT molecular complexity index is 1200. The summed E-state index contributed by atoms with van der Waals surface area (Å²) in [6, 6.07) is 4.45. The lowest BCUT2D eigenvalue weighted by Crippen LogP contribution is -2.17. The molecular formula is C18H21FN5O6P. The molecule has 4 rings (SSSR count). The molecule has 0 saturated carbocycles. The first-order valence-corrected chi connectivity index (χ1v) is 11.1. The molecule has 3 N–H and O–H groups in total. The lowest BCUT2D eigenvalue weighted by atomic mass is 10.1. The maximum absolute atomic E-state index is 14.0. The van der Waals surface area contributed by atoms with Gasteiger partial charge in [-0.25, -0.2) is 9.37 Å². The summed E-state index contributed by atoms with van der Waals surface area (Å²) in [6.45, 7) is 0.620. The predicted octanol–water partition coefficient (Wildman–Crippen LogP) is 2.19. The maximum Gasteiger partial charge on any atom is 0.356 e. The standard InChI is InChI=1S/C18H21FN5O6P/c1-27-14-3-2-11(8-12(14)19)13-4-6-29-31(26,30-13)10-28-7-5-24-9-21-15-16(24)22-18(20)23-17(15)25/h2-3,8-9,13H,4-7,10H2,1H3,(H3,20,22,23,25). The first kappa shape index (κ1) is 21.4. The third-order valence-electron chi connectivity index (χ3n) is 4.72. The number of benzene rings is 1. The van der Waals surface area contributed by atoms with Gasteiger partial charge in [0.05, 0.1) is 32.8 Å². The zero-order valence-corrected chi connectivity index (χ0v) is 17.5. The predicted molar refractivity (Wildman–Crippen MR) is 108 cm³/mol. The Balaban J connectivity index is 1.36. The van der Waals surface area contributed by atoms with Crippen LogP contribution >= 0.6 is 7.60 Å². The molecule has 0 amide bonds. The Labute approximate surface area is 175 Å². The number of nitrogens with one attached hydrogen (secondary N) is 1. The van der Waals surface area contributed by atoms with E-state index in [-0.39, 0.29) is 36.8 Å². The number of anilines is 1. The number of halogens is 1. The average molecular weight is 453 g/mol. The van der Waals surface area contributed by atoms with Gasteiger partial charge in [-0.3, -0.25) is 18.9 Å². The van der Waals surface area contributed by atoms with E-state index in [1.54, 1.807) is 10.6 Å². The van der Waals surface area contributed by atoms with Crippen LogP contribution in [0.5, 0.6) is 5.75 Å². The molecule has 1 fully saturated rings. The van der Waals surface area contributed by atoms with E-state index in [4.69, 9.17) is 24.3 Å². The highest BCUT2D eigenvalue weighted by molar-refractivity contribution is 7.53. The Hall–Kier alpha value is -2.79. The molecule has 3 heterocycles. The third kappa shape index (κ3) is 4.62. The molecule has 1 aliphatic heterocycles. The van der Waals surface area contributed by atoms with Crippen molar-refractivity contribution in [3.8, 4) is 5.75 Å². The van der Waals surface area contributed by atoms with Crippen LogP contribution in [-0.4, -0.2) is 46.2 Å². The van der Waals surface area contributed by atoms with Crippen molar-refractivity contribution in [2.75, 3.05) is 32.4 Å². The summed E-state index contributed by atoms with van der Waals surface area (Å²) in [5.74, 6) is -0.427. The van der Waals surface area contributed by atoms with Gasteiger partial charge in [0.2, 0.25) is 5.95 Å². The van der Waals surface area contributed by atoms with E-state index in [9.17, 15) is 13.8 Å². The smallest absolute Gasteiger partial charge is 0.356 e. The molecule has 1 aromatic carbocycles. The highest BCUT2D eigenvalue weighted by Gasteiger charge is 2.35. The molecule has 3 aromatic rings. The second-order valence-electron chi connectivity index (χ2n) is 6.82. The second kappa shape index (κ2) is 8.75. The van der Waals surface area contributed by atoms with Gasteiger partial charge in [0.15, 0.2) is 22.7 Å². The zero-order chi connectivity index (χ0) is 22.0. The average Bonchev–Trinajstić information content (AvgIpc) is 3.14. The molecule has 2 aromatic heterocycles. The number of aromatic nitrogens is 4. The Morgan fingerprint density at radius 1 is 1.45 bits per heavy atom. The van der Waals surface area contributed by atoms with E-state index in [0.717, 1.165) is 0 Å². The Morgan fingerprint density at radius 2 is 2.29 bits per heavy atom. The molecule has 2 unspecified atom stereocenters. The van der Waals surface area contributed by atoms with Crippen LogP contribution in [0.15, 0.2) is 29.3 Å². The summed E-state index contributed by atoms with van der Waals surface area (Å²) in [6.07, 6.45) is 1.02. The van der Waals surface area contributed by atoms with E-state index in [1.807, 2.05) is 0 Å². The van der Waals surface area contributed by atoms with Crippen molar-refractivity contribution in [1.29, 1.82) is 0 Å². The number of nitrogens with zero attached hydrogens (tertiary/aromatic N) is 3. The normalized spacial score (nSPS) is 21.4. The molecule has 166 valence electrons. The van der Waals surface area contributed by atoms with Crippen molar-refractivity contribution < 1.29 is 27.5 Å². The number of hydrogen-bond acceptors (Lipinski definition) is 9. The van der Waals surface area contributed by atoms with Crippen molar-refractivity contribution >= 4 is 24.7 Å². The van der Waals surface area contributed by atoms with E-state index in [2.05, 4.69) is 15.0 Å². The van der Waals surface area contributed by atoms with Crippen molar-refractivity contribution in [2.45, 2.75) is 19.1 Å². The van der Waals surface area contributed by atoms with Crippen LogP contribution in [0.1, 0.15) is 18.1 Å². The minimum absolute atomic E-state index is 0.0189. The summed E-state index contributed by atoms with van der Waals surface area (Å²) in [4.78, 5) is 22.3. The van der Waals surface area contributed by atoms with Gasteiger partial charge in [-0.1, -0.05) is 6.07 Å². The number of methoxy groups -OCH3 is 1. The first-order chi connectivity index (χ1) is 14.9. The van der Waals surface area contributed by atoms with Crippen LogP contribution in [0, 0.1) is 5.82 Å². The van der Waals surface area contributed by atoms with Gasteiger partial charge in [-0.2, -0.15) is 4.98 Å². The van der Waals surface area contributed by atoms with Crippen LogP contribution in [-0.2, 0) is 24.9 Å². The minimum atomic E-state index is -3.53. The summed E-state index contributed by atoms with van der Waals surface area (Å²) >= 11 is 0. The van der Waals surface area contributed by atoms with Crippen LogP contribution in [0.3, 0.4) is 0 Å². The fraction of sp³-hybridized carbons (Fsp3) is 0.389. The highest BCUT2D eigenvalue weighted by Crippen LogP contribution is 2.56. The molecule has 31 heavy (non-hydrogen) atoms. The summed E-state index contributed by atoms with van der Waals surface area (Å²) in [5, 5.41) is 0. The Morgan fingerprint density at radius 3 is 3.06 bits per heavy atom. The van der Waals surface area contributed by atoms with Crippen molar-refractivity contribution in [2.24, 2.45) is 0 Å². The molecule has 0 radical (unpaired) electrons. The van der Waals surface area contributed by atoms with E-state index in [1.165, 1.54) is 25.6 Å². The molecule has 13 heteroatoms. The molecule has 2 atom stereocenters. The second-order valence-corrected chi connectivity index (χ2v) is 8.77. The summed E-state index contributed by atoms with van der Waals surface area (Å²) in [5.41, 5.74) is 6.16. The number of imidazole rings is 1. The number of hydrogen-bond donors (Lipinski definition) is 2. The number of fused-ring (bicyclic) bond motifs is 1. The Kier molecular flexibility index (Phi) is 6.05. The van der Waals surface area contributed by atoms with E-state index in [0.29, 0.717) is 24.2 Å². The zero-order valence-electron chi connectivity index (χ0n) is 16.6. The van der Waals surface area contributed by atoms with Crippen LogP contribution < -0.4 is 16.0 Å². The lowest BCUT2D eigenvalue weighted by molar-refractivity contribution is 0.0561. The number of rotatable bonds is 7. The molecule has 0 bridgehead atoms. The first-order valence-electron chi connectivity index (χ1n) is 9.42. The molecule has 1 aliphatic rings. The van der Waals surface area contributed by atoms with Gasteiger partial charge in [-0.15, -0.1) is 0 Å². The van der Waals surface area contributed by atoms with Gasteiger partial charge < -0.3 is 24.3 Å². The molecule has 0 aliphatic carbocycles. The number of nitrogens with two attached hydrogens (primary N) is 1. The van der Waals surface area contributed by atoms with Crippen molar-refractivity contribution in [3.63, 3.8) is 0 Å². The van der Waals surface area contributed by atoms with Gasteiger partial charge in [-0.05, 0) is 17.7 Å². The van der Waals surface area contributed by atoms with Gasteiger partial charge in [0.25, 0.3) is 5.56 Å². The van der Waals surface area contributed by atoms with Gasteiger partial charge in [0, 0.05) is 13.0 Å². The molecule has 11 nitrogen and oxygen atoms in total. The minimum Gasteiger partial charge on any atom is -0.494 e.